The molecule has 0 aromatic heterocycles. The SMILES string of the molecule is CCc1ccc(CC(C)(C)C=NNC(=O)Cc2ccccc2)cc1. The molecule has 0 aliphatic heterocycles. The van der Waals surface area contributed by atoms with E-state index in [0.29, 0.717) is 6.42 Å². The standard InChI is InChI=1S/C21H26N2O/c1-4-17-10-12-19(13-11-17)15-21(2,3)16-22-23-20(24)14-18-8-6-5-7-9-18/h5-13,16H,4,14-15H2,1-3H3,(H,23,24). The molecule has 0 atom stereocenters. The third kappa shape index (κ3) is 5.99. The fraction of sp³-hybridized carbons (Fsp3) is 0.333. The molecule has 1 amide bonds. The number of rotatable bonds is 7. The first-order chi connectivity index (χ1) is 11.5. The molecule has 0 saturated carbocycles. The van der Waals surface area contributed by atoms with Gasteiger partial charge in [0.05, 0.1) is 6.42 Å². The van der Waals surface area contributed by atoms with Gasteiger partial charge in [0.1, 0.15) is 0 Å². The van der Waals surface area contributed by atoms with Crippen LogP contribution >= 0.6 is 0 Å². The van der Waals surface area contributed by atoms with E-state index in [4.69, 9.17) is 0 Å². The van der Waals surface area contributed by atoms with Crippen LogP contribution < -0.4 is 5.43 Å². The van der Waals surface area contributed by atoms with Gasteiger partial charge in [0.2, 0.25) is 5.91 Å². The van der Waals surface area contributed by atoms with Gasteiger partial charge in [0.25, 0.3) is 0 Å². The molecule has 126 valence electrons. The highest BCUT2D eigenvalue weighted by Gasteiger charge is 2.16. The number of amides is 1. The molecule has 0 heterocycles. The molecule has 24 heavy (non-hydrogen) atoms. The predicted molar refractivity (Wildman–Crippen MR) is 100 cm³/mol. The average molecular weight is 322 g/mol. The quantitative estimate of drug-likeness (QED) is 0.603. The topological polar surface area (TPSA) is 41.5 Å². The first kappa shape index (κ1) is 17.9. The van der Waals surface area contributed by atoms with Gasteiger partial charge < -0.3 is 0 Å². The molecule has 0 radical (unpaired) electrons. The maximum Gasteiger partial charge on any atom is 0.244 e. The Labute approximate surface area is 144 Å². The monoisotopic (exact) mass is 322 g/mol. The summed E-state index contributed by atoms with van der Waals surface area (Å²) in [7, 11) is 0. The number of carbonyl (C=O) groups is 1. The Bertz CT molecular complexity index is 673. The van der Waals surface area contributed by atoms with Gasteiger partial charge in [-0.25, -0.2) is 5.43 Å². The van der Waals surface area contributed by atoms with Gasteiger partial charge in [0, 0.05) is 11.6 Å². The molecule has 2 rings (SSSR count). The van der Waals surface area contributed by atoms with E-state index in [1.165, 1.54) is 11.1 Å². The van der Waals surface area contributed by atoms with Crippen molar-refractivity contribution in [1.82, 2.24) is 5.43 Å². The van der Waals surface area contributed by atoms with Gasteiger partial charge in [-0.05, 0) is 29.5 Å². The van der Waals surface area contributed by atoms with Crippen molar-refractivity contribution < 1.29 is 4.79 Å². The van der Waals surface area contributed by atoms with Gasteiger partial charge in [-0.15, -0.1) is 0 Å². The summed E-state index contributed by atoms with van der Waals surface area (Å²) < 4.78 is 0. The molecule has 2 aromatic rings. The lowest BCUT2D eigenvalue weighted by atomic mass is 9.87. The second-order valence-electron chi connectivity index (χ2n) is 6.79. The largest absolute Gasteiger partial charge is 0.273 e. The molecule has 3 heteroatoms. The summed E-state index contributed by atoms with van der Waals surface area (Å²) in [5, 5.41) is 4.14. The van der Waals surface area contributed by atoms with Crippen LogP contribution in [0.25, 0.3) is 0 Å². The van der Waals surface area contributed by atoms with Crippen LogP contribution in [0.3, 0.4) is 0 Å². The van der Waals surface area contributed by atoms with Gasteiger partial charge >= 0.3 is 0 Å². The number of benzene rings is 2. The first-order valence-corrected chi connectivity index (χ1v) is 8.43. The molecular weight excluding hydrogens is 296 g/mol. The smallest absolute Gasteiger partial charge is 0.244 e. The summed E-state index contributed by atoms with van der Waals surface area (Å²) in [5.74, 6) is -0.0967. The van der Waals surface area contributed by atoms with Gasteiger partial charge in [0.15, 0.2) is 0 Å². The zero-order chi connectivity index (χ0) is 17.4. The molecule has 0 spiro atoms. The predicted octanol–water partition coefficient (Wildman–Crippen LogP) is 4.16. The molecule has 0 aliphatic rings. The van der Waals surface area contributed by atoms with E-state index in [1.54, 1.807) is 0 Å². The van der Waals surface area contributed by atoms with Crippen LogP contribution in [0.1, 0.15) is 37.5 Å². The van der Waals surface area contributed by atoms with Crippen molar-refractivity contribution in [2.45, 2.75) is 40.0 Å². The van der Waals surface area contributed by atoms with Crippen LogP contribution in [0.4, 0.5) is 0 Å². The number of aryl methyl sites for hydroxylation is 1. The minimum absolute atomic E-state index is 0.0967. The molecule has 0 bridgehead atoms. The van der Waals surface area contributed by atoms with E-state index in [9.17, 15) is 4.79 Å². The molecule has 0 saturated heterocycles. The van der Waals surface area contributed by atoms with Crippen molar-refractivity contribution in [3.05, 3.63) is 71.3 Å². The molecule has 0 aliphatic carbocycles. The van der Waals surface area contributed by atoms with Crippen molar-refractivity contribution >= 4 is 12.1 Å². The van der Waals surface area contributed by atoms with Crippen LogP contribution in [0, 0.1) is 5.41 Å². The molecule has 2 aromatic carbocycles. The summed E-state index contributed by atoms with van der Waals surface area (Å²) in [6.07, 6.45) is 4.11. The lowest BCUT2D eigenvalue weighted by Gasteiger charge is -2.19. The fourth-order valence-corrected chi connectivity index (χ4v) is 2.56. The van der Waals surface area contributed by atoms with E-state index < -0.39 is 0 Å². The van der Waals surface area contributed by atoms with E-state index >= 15 is 0 Å². The maximum atomic E-state index is 11.9. The van der Waals surface area contributed by atoms with Crippen molar-refractivity contribution in [3.8, 4) is 0 Å². The normalized spacial score (nSPS) is 11.6. The van der Waals surface area contributed by atoms with Crippen LogP contribution in [-0.2, 0) is 24.1 Å². The summed E-state index contributed by atoms with van der Waals surface area (Å²) in [4.78, 5) is 11.9. The molecule has 3 nitrogen and oxygen atoms in total. The Hall–Kier alpha value is -2.42. The fourth-order valence-electron chi connectivity index (χ4n) is 2.56. The average Bonchev–Trinajstić information content (AvgIpc) is 2.56. The molecule has 0 fully saturated rings. The number of carbonyl (C=O) groups excluding carboxylic acids is 1. The third-order valence-electron chi connectivity index (χ3n) is 3.90. The van der Waals surface area contributed by atoms with Crippen LogP contribution in [0.5, 0.6) is 0 Å². The number of hydrogen-bond acceptors (Lipinski definition) is 2. The van der Waals surface area contributed by atoms with Crippen LogP contribution in [0.15, 0.2) is 59.7 Å². The zero-order valence-electron chi connectivity index (χ0n) is 14.8. The van der Waals surface area contributed by atoms with Crippen molar-refractivity contribution in [2.24, 2.45) is 10.5 Å². The van der Waals surface area contributed by atoms with E-state index in [1.807, 2.05) is 36.5 Å². The highest BCUT2D eigenvalue weighted by Crippen LogP contribution is 2.20. The van der Waals surface area contributed by atoms with Crippen LogP contribution in [0.2, 0.25) is 0 Å². The Morgan fingerprint density at radius 2 is 1.62 bits per heavy atom. The van der Waals surface area contributed by atoms with Crippen molar-refractivity contribution in [3.63, 3.8) is 0 Å². The van der Waals surface area contributed by atoms with Crippen molar-refractivity contribution in [1.29, 1.82) is 0 Å². The Kier molecular flexibility index (Phi) is 6.30. The van der Waals surface area contributed by atoms with E-state index in [2.05, 4.69) is 55.6 Å². The van der Waals surface area contributed by atoms with Crippen molar-refractivity contribution in [2.75, 3.05) is 0 Å². The van der Waals surface area contributed by atoms with E-state index in [0.717, 1.165) is 18.4 Å². The lowest BCUT2D eigenvalue weighted by Crippen LogP contribution is -2.23. The second kappa shape index (κ2) is 8.44. The van der Waals surface area contributed by atoms with Gasteiger partial charge in [-0.3, -0.25) is 4.79 Å². The first-order valence-electron chi connectivity index (χ1n) is 8.43. The third-order valence-corrected chi connectivity index (χ3v) is 3.90. The lowest BCUT2D eigenvalue weighted by molar-refractivity contribution is -0.120. The molecule has 1 N–H and O–H groups in total. The van der Waals surface area contributed by atoms with Gasteiger partial charge in [-0.1, -0.05) is 75.4 Å². The minimum atomic E-state index is -0.117. The maximum absolute atomic E-state index is 11.9. The minimum Gasteiger partial charge on any atom is -0.273 e. The summed E-state index contributed by atoms with van der Waals surface area (Å²) >= 11 is 0. The summed E-state index contributed by atoms with van der Waals surface area (Å²) in [6, 6.07) is 18.4. The number of hydrazone groups is 1. The zero-order valence-corrected chi connectivity index (χ0v) is 14.8. The molecular formula is C21H26N2O. The van der Waals surface area contributed by atoms with Gasteiger partial charge in [-0.2, -0.15) is 5.10 Å². The number of hydrogen-bond donors (Lipinski definition) is 1. The summed E-state index contributed by atoms with van der Waals surface area (Å²) in [6.45, 7) is 6.39. The number of nitrogens with one attached hydrogen (secondary N) is 1. The van der Waals surface area contributed by atoms with Crippen LogP contribution in [-0.4, -0.2) is 12.1 Å². The Morgan fingerprint density at radius 1 is 1.00 bits per heavy atom. The Morgan fingerprint density at radius 3 is 2.25 bits per heavy atom. The highest BCUT2D eigenvalue weighted by molar-refractivity contribution is 5.79. The highest BCUT2D eigenvalue weighted by atomic mass is 16.2. The molecule has 0 unspecified atom stereocenters. The van der Waals surface area contributed by atoms with E-state index in [-0.39, 0.29) is 11.3 Å². The summed E-state index contributed by atoms with van der Waals surface area (Å²) in [5.41, 5.74) is 6.11. The second-order valence-corrected chi connectivity index (χ2v) is 6.79. The Balaban J connectivity index is 1.85. The number of nitrogens with zero attached hydrogens (tertiary/aromatic N) is 1.